The molecular formula is C22H20N2O3. The van der Waals surface area contributed by atoms with Crippen LogP contribution < -0.4 is 4.74 Å². The summed E-state index contributed by atoms with van der Waals surface area (Å²) >= 11 is 0. The first-order valence-electron chi connectivity index (χ1n) is 8.82. The largest absolute Gasteiger partial charge is 0.497 e. The van der Waals surface area contributed by atoms with E-state index in [0.29, 0.717) is 0 Å². The summed E-state index contributed by atoms with van der Waals surface area (Å²) in [4.78, 5) is 11.4. The molecule has 0 saturated carbocycles. The van der Waals surface area contributed by atoms with Gasteiger partial charge in [-0.2, -0.15) is 5.10 Å². The van der Waals surface area contributed by atoms with Gasteiger partial charge < -0.3 is 9.84 Å². The standard InChI is InChI=1S/C22H20N2O3/c1-12(2)20-19-18(13-4-7-16(27-3)8-5-13)11-15-10-14(22(25)26)6-9-17(15)21(19)24-23-20/h4-12H,1-3H3,(H,23,24)(H,25,26). The number of aromatic nitrogens is 2. The van der Waals surface area contributed by atoms with Crippen LogP contribution in [0.15, 0.2) is 48.5 Å². The lowest BCUT2D eigenvalue weighted by Crippen LogP contribution is -1.96. The van der Waals surface area contributed by atoms with E-state index >= 15 is 0 Å². The average molecular weight is 360 g/mol. The third-order valence-electron chi connectivity index (χ3n) is 4.90. The number of methoxy groups -OCH3 is 1. The van der Waals surface area contributed by atoms with Crippen molar-refractivity contribution in [2.24, 2.45) is 0 Å². The maximum absolute atomic E-state index is 11.4. The molecule has 0 unspecified atom stereocenters. The van der Waals surface area contributed by atoms with E-state index in [1.54, 1.807) is 19.2 Å². The van der Waals surface area contributed by atoms with Crippen molar-refractivity contribution in [1.82, 2.24) is 10.2 Å². The van der Waals surface area contributed by atoms with Crippen LogP contribution in [0.3, 0.4) is 0 Å². The number of carboxylic acid groups (broad SMARTS) is 1. The summed E-state index contributed by atoms with van der Waals surface area (Å²) in [5.41, 5.74) is 4.26. The van der Waals surface area contributed by atoms with Gasteiger partial charge in [0.25, 0.3) is 0 Å². The number of H-pyrrole nitrogens is 1. The van der Waals surface area contributed by atoms with Crippen molar-refractivity contribution in [3.05, 3.63) is 59.8 Å². The van der Waals surface area contributed by atoms with Gasteiger partial charge in [0.15, 0.2) is 0 Å². The number of ether oxygens (including phenoxy) is 1. The predicted octanol–water partition coefficient (Wildman–Crippen LogP) is 5.21. The van der Waals surface area contributed by atoms with E-state index in [4.69, 9.17) is 4.74 Å². The van der Waals surface area contributed by atoms with Gasteiger partial charge in [0.2, 0.25) is 0 Å². The van der Waals surface area contributed by atoms with E-state index in [9.17, 15) is 9.90 Å². The number of benzene rings is 3. The second-order valence-corrected chi connectivity index (χ2v) is 6.91. The van der Waals surface area contributed by atoms with Crippen molar-refractivity contribution in [2.45, 2.75) is 19.8 Å². The zero-order chi connectivity index (χ0) is 19.1. The number of fused-ring (bicyclic) bond motifs is 3. The molecule has 5 nitrogen and oxygen atoms in total. The third-order valence-corrected chi connectivity index (χ3v) is 4.90. The molecule has 0 aliphatic carbocycles. The molecule has 0 atom stereocenters. The van der Waals surface area contributed by atoms with Crippen molar-refractivity contribution >= 4 is 27.6 Å². The van der Waals surface area contributed by atoms with Crippen molar-refractivity contribution in [1.29, 1.82) is 0 Å². The lowest BCUT2D eigenvalue weighted by Gasteiger charge is -2.11. The Labute approximate surface area is 156 Å². The summed E-state index contributed by atoms with van der Waals surface area (Å²) in [6.45, 7) is 4.25. The summed E-state index contributed by atoms with van der Waals surface area (Å²) in [7, 11) is 1.64. The van der Waals surface area contributed by atoms with Crippen molar-refractivity contribution in [3.8, 4) is 16.9 Å². The highest BCUT2D eigenvalue weighted by Gasteiger charge is 2.18. The smallest absolute Gasteiger partial charge is 0.335 e. The molecule has 27 heavy (non-hydrogen) atoms. The number of rotatable bonds is 4. The Hall–Kier alpha value is -3.34. The lowest BCUT2D eigenvalue weighted by atomic mass is 9.92. The summed E-state index contributed by atoms with van der Waals surface area (Å²) in [5, 5.41) is 20.0. The van der Waals surface area contributed by atoms with Crippen LogP contribution in [0.2, 0.25) is 0 Å². The fraction of sp³-hybridized carbons (Fsp3) is 0.182. The van der Waals surface area contributed by atoms with Gasteiger partial charge in [-0.15, -0.1) is 0 Å². The Morgan fingerprint density at radius 3 is 2.48 bits per heavy atom. The first-order valence-corrected chi connectivity index (χ1v) is 8.82. The molecule has 3 aromatic carbocycles. The van der Waals surface area contributed by atoms with E-state index in [-0.39, 0.29) is 11.5 Å². The van der Waals surface area contributed by atoms with Crippen molar-refractivity contribution < 1.29 is 14.6 Å². The van der Waals surface area contributed by atoms with Crippen LogP contribution in [0.5, 0.6) is 5.75 Å². The molecule has 136 valence electrons. The van der Waals surface area contributed by atoms with Gasteiger partial charge in [-0.1, -0.05) is 32.0 Å². The van der Waals surface area contributed by atoms with E-state index in [1.165, 1.54) is 0 Å². The summed E-state index contributed by atoms with van der Waals surface area (Å²) in [6.07, 6.45) is 0. The molecule has 0 fully saturated rings. The number of aromatic amines is 1. The van der Waals surface area contributed by atoms with Crippen molar-refractivity contribution in [3.63, 3.8) is 0 Å². The minimum absolute atomic E-state index is 0.266. The second-order valence-electron chi connectivity index (χ2n) is 6.91. The van der Waals surface area contributed by atoms with Crippen LogP contribution in [0, 0.1) is 0 Å². The highest BCUT2D eigenvalue weighted by Crippen LogP contribution is 2.38. The van der Waals surface area contributed by atoms with Crippen LogP contribution in [-0.4, -0.2) is 28.4 Å². The van der Waals surface area contributed by atoms with Crippen LogP contribution in [0.4, 0.5) is 0 Å². The topological polar surface area (TPSA) is 75.2 Å². The number of hydrogen-bond donors (Lipinski definition) is 2. The Balaban J connectivity index is 2.08. The molecule has 1 aromatic heterocycles. The van der Waals surface area contributed by atoms with E-state index < -0.39 is 5.97 Å². The fourth-order valence-corrected chi connectivity index (χ4v) is 3.50. The van der Waals surface area contributed by atoms with Gasteiger partial charge in [-0.25, -0.2) is 4.79 Å². The molecule has 0 bridgehead atoms. The maximum atomic E-state index is 11.4. The van der Waals surface area contributed by atoms with Crippen LogP contribution >= 0.6 is 0 Å². The van der Waals surface area contributed by atoms with E-state index in [0.717, 1.165) is 44.2 Å². The maximum Gasteiger partial charge on any atom is 0.335 e. The second kappa shape index (κ2) is 6.43. The Morgan fingerprint density at radius 1 is 1.11 bits per heavy atom. The average Bonchev–Trinajstić information content (AvgIpc) is 3.12. The van der Waals surface area contributed by atoms with Gasteiger partial charge in [-0.05, 0) is 52.8 Å². The highest BCUT2D eigenvalue weighted by atomic mass is 16.5. The van der Waals surface area contributed by atoms with Crippen molar-refractivity contribution in [2.75, 3.05) is 7.11 Å². The number of carboxylic acids is 1. The van der Waals surface area contributed by atoms with Crippen LogP contribution in [0.1, 0.15) is 35.8 Å². The molecule has 2 N–H and O–H groups in total. The molecule has 4 aromatic rings. The Bertz CT molecular complexity index is 1160. The monoisotopic (exact) mass is 360 g/mol. The minimum atomic E-state index is -0.937. The first kappa shape index (κ1) is 17.1. The number of carbonyl (C=O) groups is 1. The molecule has 0 saturated heterocycles. The summed E-state index contributed by atoms with van der Waals surface area (Å²) in [6, 6.07) is 15.1. The molecule has 0 aliphatic heterocycles. The predicted molar refractivity (Wildman–Crippen MR) is 107 cm³/mol. The first-order chi connectivity index (χ1) is 13.0. The zero-order valence-corrected chi connectivity index (χ0v) is 15.4. The molecule has 0 amide bonds. The van der Waals surface area contributed by atoms with E-state index in [2.05, 4.69) is 24.0 Å². The van der Waals surface area contributed by atoms with Gasteiger partial charge in [0.1, 0.15) is 11.3 Å². The normalized spacial score (nSPS) is 11.4. The fourth-order valence-electron chi connectivity index (χ4n) is 3.50. The molecule has 4 rings (SSSR count). The van der Waals surface area contributed by atoms with E-state index in [1.807, 2.05) is 36.4 Å². The molecule has 0 aliphatic rings. The minimum Gasteiger partial charge on any atom is -0.497 e. The Morgan fingerprint density at radius 2 is 1.85 bits per heavy atom. The third kappa shape index (κ3) is 2.81. The number of nitrogens with one attached hydrogen (secondary N) is 1. The number of aromatic carboxylic acids is 1. The molecule has 0 spiro atoms. The molecule has 5 heteroatoms. The molecule has 1 heterocycles. The number of nitrogens with zero attached hydrogens (tertiary/aromatic N) is 1. The Kier molecular flexibility index (Phi) is 4.07. The zero-order valence-electron chi connectivity index (χ0n) is 15.4. The highest BCUT2D eigenvalue weighted by molar-refractivity contribution is 6.14. The lowest BCUT2D eigenvalue weighted by molar-refractivity contribution is 0.0697. The van der Waals surface area contributed by atoms with Crippen LogP contribution in [0.25, 0.3) is 32.8 Å². The summed E-state index contributed by atoms with van der Waals surface area (Å²) < 4.78 is 5.27. The van der Waals surface area contributed by atoms with Gasteiger partial charge in [0.05, 0.1) is 12.7 Å². The van der Waals surface area contributed by atoms with Crippen LogP contribution in [-0.2, 0) is 0 Å². The van der Waals surface area contributed by atoms with Gasteiger partial charge in [-0.3, -0.25) is 5.10 Å². The van der Waals surface area contributed by atoms with Gasteiger partial charge >= 0.3 is 5.97 Å². The molecule has 0 radical (unpaired) electrons. The summed E-state index contributed by atoms with van der Waals surface area (Å²) in [5.74, 6) is 0.135. The quantitative estimate of drug-likeness (QED) is 0.524. The van der Waals surface area contributed by atoms with Gasteiger partial charge in [0, 0.05) is 16.5 Å². The molecular weight excluding hydrogens is 340 g/mol. The number of hydrogen-bond acceptors (Lipinski definition) is 3. The SMILES string of the molecule is COc1ccc(-c2cc3cc(C(=O)O)ccc3c3n[nH]c(C(C)C)c23)cc1.